The van der Waals surface area contributed by atoms with E-state index in [0.29, 0.717) is 6.04 Å². The molecular formula is C13H22N2OS. The van der Waals surface area contributed by atoms with Crippen LogP contribution in [-0.2, 0) is 4.74 Å². The standard InChI is InChI=1S/C13H22N2OS/c1-9(12-10(2)17-11(3)15-12)14-8-13(16-4)6-5-7-13/h9,14H,5-8H2,1-4H3. The van der Waals surface area contributed by atoms with Gasteiger partial charge in [0, 0.05) is 24.6 Å². The Labute approximate surface area is 108 Å². The third-order valence-electron chi connectivity index (χ3n) is 3.78. The largest absolute Gasteiger partial charge is 0.377 e. The van der Waals surface area contributed by atoms with Crippen LogP contribution in [0.2, 0.25) is 0 Å². The number of hydrogen-bond acceptors (Lipinski definition) is 4. The summed E-state index contributed by atoms with van der Waals surface area (Å²) in [6.45, 7) is 7.33. The molecule has 0 amide bonds. The van der Waals surface area contributed by atoms with Crippen molar-refractivity contribution in [1.29, 1.82) is 0 Å². The second kappa shape index (κ2) is 5.04. The Bertz CT molecular complexity index is 379. The lowest BCUT2D eigenvalue weighted by Gasteiger charge is -2.41. The summed E-state index contributed by atoms with van der Waals surface area (Å²) in [6.07, 6.45) is 3.65. The molecule has 0 aromatic carbocycles. The highest BCUT2D eigenvalue weighted by Crippen LogP contribution is 2.35. The minimum absolute atomic E-state index is 0.0905. The van der Waals surface area contributed by atoms with E-state index < -0.39 is 0 Å². The van der Waals surface area contributed by atoms with Crippen LogP contribution in [-0.4, -0.2) is 24.2 Å². The average Bonchev–Trinajstić information content (AvgIpc) is 2.57. The number of rotatable bonds is 5. The quantitative estimate of drug-likeness (QED) is 0.877. The molecule has 17 heavy (non-hydrogen) atoms. The molecule has 2 rings (SSSR count). The number of nitrogens with zero attached hydrogens (tertiary/aromatic N) is 1. The smallest absolute Gasteiger partial charge is 0.0900 e. The highest BCUT2D eigenvalue weighted by Gasteiger charge is 2.37. The minimum atomic E-state index is 0.0905. The number of ether oxygens (including phenoxy) is 1. The van der Waals surface area contributed by atoms with E-state index in [4.69, 9.17) is 4.74 Å². The first-order chi connectivity index (χ1) is 8.06. The molecule has 96 valence electrons. The molecule has 1 fully saturated rings. The topological polar surface area (TPSA) is 34.1 Å². The molecule has 3 nitrogen and oxygen atoms in total. The van der Waals surface area contributed by atoms with Gasteiger partial charge in [-0.05, 0) is 40.0 Å². The zero-order valence-corrected chi connectivity index (χ0v) is 12.0. The Balaban J connectivity index is 1.93. The number of aromatic nitrogens is 1. The molecule has 1 aromatic heterocycles. The monoisotopic (exact) mass is 254 g/mol. The zero-order chi connectivity index (χ0) is 12.5. The summed E-state index contributed by atoms with van der Waals surface area (Å²) in [5, 5.41) is 4.72. The highest BCUT2D eigenvalue weighted by molar-refractivity contribution is 7.11. The first kappa shape index (κ1) is 13.0. The van der Waals surface area contributed by atoms with E-state index in [0.717, 1.165) is 11.6 Å². The van der Waals surface area contributed by atoms with Gasteiger partial charge < -0.3 is 10.1 Å². The number of methoxy groups -OCH3 is 1. The predicted octanol–water partition coefficient (Wildman–Crippen LogP) is 2.98. The van der Waals surface area contributed by atoms with E-state index in [1.807, 2.05) is 7.11 Å². The van der Waals surface area contributed by atoms with Crippen molar-refractivity contribution in [2.75, 3.05) is 13.7 Å². The number of nitrogens with one attached hydrogen (secondary N) is 1. The molecule has 4 heteroatoms. The maximum Gasteiger partial charge on any atom is 0.0900 e. The van der Waals surface area contributed by atoms with E-state index in [1.54, 1.807) is 11.3 Å². The van der Waals surface area contributed by atoms with Gasteiger partial charge in [-0.3, -0.25) is 0 Å². The summed E-state index contributed by atoms with van der Waals surface area (Å²) in [5.74, 6) is 0. The first-order valence-electron chi connectivity index (χ1n) is 6.29. The van der Waals surface area contributed by atoms with Gasteiger partial charge in [0.15, 0.2) is 0 Å². The van der Waals surface area contributed by atoms with Crippen LogP contribution in [0, 0.1) is 13.8 Å². The highest BCUT2D eigenvalue weighted by atomic mass is 32.1. The van der Waals surface area contributed by atoms with Gasteiger partial charge in [0.1, 0.15) is 0 Å². The molecule has 1 aromatic rings. The van der Waals surface area contributed by atoms with Crippen molar-refractivity contribution >= 4 is 11.3 Å². The first-order valence-corrected chi connectivity index (χ1v) is 7.10. The molecule has 1 heterocycles. The SMILES string of the molecule is COC1(CNC(C)c2nc(C)sc2C)CCC1. The summed E-state index contributed by atoms with van der Waals surface area (Å²) < 4.78 is 5.62. The predicted molar refractivity (Wildman–Crippen MR) is 71.6 cm³/mol. The normalized spacial score (nSPS) is 20.0. The molecule has 1 atom stereocenters. The zero-order valence-electron chi connectivity index (χ0n) is 11.2. The van der Waals surface area contributed by atoms with Crippen LogP contribution in [0.3, 0.4) is 0 Å². The fourth-order valence-electron chi connectivity index (χ4n) is 2.41. The molecule has 0 spiro atoms. The van der Waals surface area contributed by atoms with Crippen molar-refractivity contribution in [2.24, 2.45) is 0 Å². The molecule has 1 aliphatic rings. The van der Waals surface area contributed by atoms with Gasteiger partial charge in [0.05, 0.1) is 16.3 Å². The van der Waals surface area contributed by atoms with Crippen LogP contribution in [0.15, 0.2) is 0 Å². The van der Waals surface area contributed by atoms with Gasteiger partial charge >= 0.3 is 0 Å². The Morgan fingerprint density at radius 2 is 2.18 bits per heavy atom. The molecule has 1 unspecified atom stereocenters. The van der Waals surface area contributed by atoms with Crippen LogP contribution in [0.5, 0.6) is 0 Å². The Morgan fingerprint density at radius 3 is 2.59 bits per heavy atom. The van der Waals surface area contributed by atoms with Crippen LogP contribution >= 0.6 is 11.3 Å². The fourth-order valence-corrected chi connectivity index (χ4v) is 3.32. The van der Waals surface area contributed by atoms with Gasteiger partial charge in [-0.15, -0.1) is 11.3 Å². The summed E-state index contributed by atoms with van der Waals surface area (Å²) in [6, 6.07) is 0.313. The third kappa shape index (κ3) is 2.69. The Hall–Kier alpha value is -0.450. The Kier molecular flexibility index (Phi) is 3.85. The lowest BCUT2D eigenvalue weighted by molar-refractivity contribution is -0.0707. The molecule has 0 aliphatic heterocycles. The third-order valence-corrected chi connectivity index (χ3v) is 4.68. The van der Waals surface area contributed by atoms with Crippen LogP contribution in [0.25, 0.3) is 0 Å². The number of thiazole rings is 1. The summed E-state index contributed by atoms with van der Waals surface area (Å²) in [4.78, 5) is 5.92. The van der Waals surface area contributed by atoms with Crippen molar-refractivity contribution in [3.63, 3.8) is 0 Å². The second-order valence-corrected chi connectivity index (χ2v) is 6.42. The van der Waals surface area contributed by atoms with Gasteiger partial charge in [0.2, 0.25) is 0 Å². The number of aryl methyl sites for hydroxylation is 2. The Morgan fingerprint density at radius 1 is 1.47 bits per heavy atom. The summed E-state index contributed by atoms with van der Waals surface area (Å²) in [5.41, 5.74) is 1.28. The van der Waals surface area contributed by atoms with E-state index in [9.17, 15) is 0 Å². The summed E-state index contributed by atoms with van der Waals surface area (Å²) in [7, 11) is 1.82. The van der Waals surface area contributed by atoms with Gasteiger partial charge in [-0.2, -0.15) is 0 Å². The average molecular weight is 254 g/mol. The van der Waals surface area contributed by atoms with Crippen LogP contribution in [0.1, 0.15) is 47.8 Å². The van der Waals surface area contributed by atoms with Gasteiger partial charge in [-0.25, -0.2) is 4.98 Å². The molecule has 1 aliphatic carbocycles. The second-order valence-electron chi connectivity index (χ2n) is 5.02. The molecule has 0 bridgehead atoms. The lowest BCUT2D eigenvalue weighted by Crippen LogP contribution is -2.48. The molecule has 0 saturated heterocycles. The van der Waals surface area contributed by atoms with E-state index in [1.165, 1.54) is 29.8 Å². The van der Waals surface area contributed by atoms with E-state index in [-0.39, 0.29) is 5.60 Å². The van der Waals surface area contributed by atoms with E-state index >= 15 is 0 Å². The molecule has 1 N–H and O–H groups in total. The number of hydrogen-bond donors (Lipinski definition) is 1. The van der Waals surface area contributed by atoms with E-state index in [2.05, 4.69) is 31.1 Å². The van der Waals surface area contributed by atoms with Crippen LogP contribution in [0.4, 0.5) is 0 Å². The van der Waals surface area contributed by atoms with Crippen molar-refractivity contribution in [3.05, 3.63) is 15.6 Å². The van der Waals surface area contributed by atoms with Crippen molar-refractivity contribution < 1.29 is 4.74 Å². The molecule has 0 radical (unpaired) electrons. The molecule has 1 saturated carbocycles. The fraction of sp³-hybridized carbons (Fsp3) is 0.769. The summed E-state index contributed by atoms with van der Waals surface area (Å²) >= 11 is 1.77. The maximum atomic E-state index is 5.62. The van der Waals surface area contributed by atoms with Crippen molar-refractivity contribution in [2.45, 2.75) is 51.7 Å². The minimum Gasteiger partial charge on any atom is -0.377 e. The lowest BCUT2D eigenvalue weighted by atomic mass is 9.80. The van der Waals surface area contributed by atoms with Gasteiger partial charge in [-0.1, -0.05) is 0 Å². The van der Waals surface area contributed by atoms with Gasteiger partial charge in [0.25, 0.3) is 0 Å². The van der Waals surface area contributed by atoms with Crippen molar-refractivity contribution in [3.8, 4) is 0 Å². The molecular weight excluding hydrogens is 232 g/mol. The van der Waals surface area contributed by atoms with Crippen molar-refractivity contribution in [1.82, 2.24) is 10.3 Å². The maximum absolute atomic E-state index is 5.62. The van der Waals surface area contributed by atoms with Crippen LogP contribution < -0.4 is 5.32 Å².